The highest BCUT2D eigenvalue weighted by atomic mass is 32.2. The van der Waals surface area contributed by atoms with Crippen LogP contribution in [0.1, 0.15) is 5.56 Å². The maximum absolute atomic E-state index is 12.8. The van der Waals surface area contributed by atoms with Gasteiger partial charge in [-0.3, -0.25) is 0 Å². The number of sulfonamides is 1. The van der Waals surface area contributed by atoms with Crippen LogP contribution >= 0.6 is 0 Å². The number of ether oxygens (including phenoxy) is 1. The van der Waals surface area contributed by atoms with Crippen molar-refractivity contribution in [1.29, 1.82) is 5.26 Å². The van der Waals surface area contributed by atoms with E-state index in [0.29, 0.717) is 24.5 Å². The van der Waals surface area contributed by atoms with Crippen molar-refractivity contribution in [2.24, 2.45) is 0 Å². The minimum absolute atomic E-state index is 0.0738. The van der Waals surface area contributed by atoms with Crippen LogP contribution in [0, 0.1) is 11.3 Å². The zero-order chi connectivity index (χ0) is 20.4. The number of hydrogen-bond donors (Lipinski definition) is 0. The number of para-hydroxylation sites is 1. The Morgan fingerprint density at radius 2 is 1.75 bits per heavy atom. The number of pyridine rings is 1. The van der Waals surface area contributed by atoms with Crippen LogP contribution in [0.5, 0.6) is 5.75 Å². The molecule has 11 heteroatoms. The summed E-state index contributed by atoms with van der Waals surface area (Å²) in [5, 5.41) is 8.81. The van der Waals surface area contributed by atoms with Crippen molar-refractivity contribution in [3.05, 3.63) is 48.2 Å². The first-order valence-electron chi connectivity index (χ1n) is 8.17. The third-order valence-corrected chi connectivity index (χ3v) is 6.07. The minimum atomic E-state index is -4.99. The summed E-state index contributed by atoms with van der Waals surface area (Å²) in [5.41, 5.74) is 0.409. The van der Waals surface area contributed by atoms with Gasteiger partial charge in [0.25, 0.3) is 0 Å². The van der Waals surface area contributed by atoms with Crippen LogP contribution < -0.4 is 9.64 Å². The number of halogens is 3. The van der Waals surface area contributed by atoms with Gasteiger partial charge in [-0.1, -0.05) is 12.1 Å². The van der Waals surface area contributed by atoms with E-state index in [4.69, 9.17) is 5.26 Å². The van der Waals surface area contributed by atoms with Crippen molar-refractivity contribution in [3.63, 3.8) is 0 Å². The SMILES string of the molecule is N#Cc1ccc(N2CCN(S(=O)(=O)c3ccccc3OC(F)(F)F)CC2)nc1. The lowest BCUT2D eigenvalue weighted by molar-refractivity contribution is -0.275. The molecule has 0 N–H and O–H groups in total. The molecule has 0 radical (unpaired) electrons. The molecule has 0 saturated carbocycles. The Labute approximate surface area is 159 Å². The second-order valence-electron chi connectivity index (χ2n) is 5.90. The van der Waals surface area contributed by atoms with E-state index in [9.17, 15) is 21.6 Å². The average Bonchev–Trinajstić information content (AvgIpc) is 2.67. The summed E-state index contributed by atoms with van der Waals surface area (Å²) in [7, 11) is -4.16. The van der Waals surface area contributed by atoms with Gasteiger partial charge in [0.1, 0.15) is 22.5 Å². The Kier molecular flexibility index (Phi) is 5.44. The van der Waals surface area contributed by atoms with Crippen molar-refractivity contribution in [3.8, 4) is 11.8 Å². The van der Waals surface area contributed by atoms with E-state index in [1.807, 2.05) is 11.0 Å². The number of rotatable bonds is 4. The predicted octanol–water partition coefficient (Wildman–Crippen LogP) is 2.36. The van der Waals surface area contributed by atoms with Crippen LogP contribution in [0.2, 0.25) is 0 Å². The van der Waals surface area contributed by atoms with Crippen molar-refractivity contribution >= 4 is 15.8 Å². The lowest BCUT2D eigenvalue weighted by atomic mass is 10.3. The summed E-state index contributed by atoms with van der Waals surface area (Å²) >= 11 is 0. The quantitative estimate of drug-likeness (QED) is 0.766. The lowest BCUT2D eigenvalue weighted by Crippen LogP contribution is -2.49. The number of piperazine rings is 1. The summed E-state index contributed by atoms with van der Waals surface area (Å²) in [6, 6.07) is 9.90. The molecule has 1 fully saturated rings. The third-order valence-electron chi connectivity index (χ3n) is 4.13. The molecular weight excluding hydrogens is 397 g/mol. The van der Waals surface area contributed by atoms with E-state index in [0.717, 1.165) is 16.4 Å². The molecule has 7 nitrogen and oxygen atoms in total. The van der Waals surface area contributed by atoms with Gasteiger partial charge in [-0.15, -0.1) is 13.2 Å². The molecule has 1 saturated heterocycles. The summed E-state index contributed by atoms with van der Waals surface area (Å²) in [6.45, 7) is 0.760. The summed E-state index contributed by atoms with van der Waals surface area (Å²) in [6.07, 6.45) is -3.57. The van der Waals surface area contributed by atoms with Gasteiger partial charge < -0.3 is 9.64 Å². The first kappa shape index (κ1) is 19.9. The minimum Gasteiger partial charge on any atom is -0.404 e. The van der Waals surface area contributed by atoms with Crippen LogP contribution in [0.15, 0.2) is 47.5 Å². The van der Waals surface area contributed by atoms with Crippen LogP contribution in [-0.2, 0) is 10.0 Å². The Hall–Kier alpha value is -2.84. The molecule has 2 aromatic rings. The van der Waals surface area contributed by atoms with Crippen LogP contribution in [0.3, 0.4) is 0 Å². The zero-order valence-corrected chi connectivity index (χ0v) is 15.2. The van der Waals surface area contributed by atoms with E-state index in [1.54, 1.807) is 12.1 Å². The van der Waals surface area contributed by atoms with Gasteiger partial charge in [-0.05, 0) is 24.3 Å². The van der Waals surface area contributed by atoms with E-state index < -0.39 is 27.0 Å². The zero-order valence-electron chi connectivity index (χ0n) is 14.4. The van der Waals surface area contributed by atoms with Gasteiger partial charge in [0.2, 0.25) is 10.0 Å². The number of hydrogen-bond acceptors (Lipinski definition) is 6. The number of benzene rings is 1. The second-order valence-corrected chi connectivity index (χ2v) is 7.81. The fraction of sp³-hybridized carbons (Fsp3) is 0.294. The van der Waals surface area contributed by atoms with Gasteiger partial charge in [0, 0.05) is 32.4 Å². The maximum atomic E-state index is 12.8. The van der Waals surface area contributed by atoms with Gasteiger partial charge >= 0.3 is 6.36 Å². The highest BCUT2D eigenvalue weighted by Gasteiger charge is 2.36. The molecule has 0 unspecified atom stereocenters. The number of anilines is 1. The van der Waals surface area contributed by atoms with Crippen molar-refractivity contribution in [2.45, 2.75) is 11.3 Å². The smallest absolute Gasteiger partial charge is 0.404 e. The molecule has 1 aliphatic rings. The molecule has 0 atom stereocenters. The van der Waals surface area contributed by atoms with E-state index >= 15 is 0 Å². The van der Waals surface area contributed by atoms with Gasteiger partial charge in [-0.2, -0.15) is 9.57 Å². The predicted molar refractivity (Wildman–Crippen MR) is 93.0 cm³/mol. The van der Waals surface area contributed by atoms with Crippen LogP contribution in [0.25, 0.3) is 0 Å². The van der Waals surface area contributed by atoms with Crippen molar-refractivity contribution in [2.75, 3.05) is 31.1 Å². The molecule has 1 aromatic carbocycles. The number of aromatic nitrogens is 1. The Morgan fingerprint density at radius 3 is 2.32 bits per heavy atom. The van der Waals surface area contributed by atoms with Gasteiger partial charge in [-0.25, -0.2) is 13.4 Å². The third kappa shape index (κ3) is 4.35. The molecule has 2 heterocycles. The van der Waals surface area contributed by atoms with Gasteiger partial charge in [0.05, 0.1) is 5.56 Å². The highest BCUT2D eigenvalue weighted by molar-refractivity contribution is 7.89. The first-order chi connectivity index (χ1) is 13.2. The normalized spacial score (nSPS) is 15.9. The fourth-order valence-electron chi connectivity index (χ4n) is 2.81. The van der Waals surface area contributed by atoms with E-state index in [1.165, 1.54) is 18.3 Å². The van der Waals surface area contributed by atoms with Gasteiger partial charge in [0.15, 0.2) is 0 Å². The van der Waals surface area contributed by atoms with Crippen LogP contribution in [0.4, 0.5) is 19.0 Å². The number of nitriles is 1. The summed E-state index contributed by atoms with van der Waals surface area (Å²) in [5.74, 6) is -0.164. The molecule has 0 spiro atoms. The molecule has 148 valence electrons. The molecule has 1 aromatic heterocycles. The second kappa shape index (κ2) is 7.65. The first-order valence-corrected chi connectivity index (χ1v) is 9.61. The Morgan fingerprint density at radius 1 is 1.07 bits per heavy atom. The summed E-state index contributed by atoms with van der Waals surface area (Å²) < 4.78 is 68.4. The molecule has 28 heavy (non-hydrogen) atoms. The van der Waals surface area contributed by atoms with E-state index in [2.05, 4.69) is 9.72 Å². The topological polar surface area (TPSA) is 86.5 Å². The molecule has 0 amide bonds. The van der Waals surface area contributed by atoms with Crippen molar-refractivity contribution in [1.82, 2.24) is 9.29 Å². The number of nitrogens with zero attached hydrogens (tertiary/aromatic N) is 4. The molecular formula is C17H15F3N4O3S. The average molecular weight is 412 g/mol. The van der Waals surface area contributed by atoms with Crippen molar-refractivity contribution < 1.29 is 26.3 Å². The Bertz CT molecular complexity index is 980. The maximum Gasteiger partial charge on any atom is 0.573 e. The molecule has 1 aliphatic heterocycles. The lowest BCUT2D eigenvalue weighted by Gasteiger charge is -2.34. The number of alkyl halides is 3. The van der Waals surface area contributed by atoms with Crippen LogP contribution in [-0.4, -0.2) is 50.2 Å². The summed E-state index contributed by atoms with van der Waals surface area (Å²) in [4.78, 5) is 5.47. The molecule has 0 aliphatic carbocycles. The standard InChI is InChI=1S/C17H15F3N4O3S/c18-17(19,20)27-14-3-1-2-4-15(14)28(25,26)24-9-7-23(8-10-24)16-6-5-13(11-21)12-22-16/h1-6,12H,7-10H2. The van der Waals surface area contributed by atoms with E-state index in [-0.39, 0.29) is 13.1 Å². The largest absolute Gasteiger partial charge is 0.573 e. The Balaban J connectivity index is 1.76. The molecule has 0 bridgehead atoms. The fourth-order valence-corrected chi connectivity index (χ4v) is 4.34. The highest BCUT2D eigenvalue weighted by Crippen LogP contribution is 2.31. The molecule has 3 rings (SSSR count). The monoisotopic (exact) mass is 412 g/mol.